The lowest BCUT2D eigenvalue weighted by atomic mass is 9.48. The number of rotatable bonds is 5. The second-order valence-corrected chi connectivity index (χ2v) is 11.4. The SMILES string of the molecule is Cc1ccc(S(C)(=O)=O)cc1C(=O)O[C@@H](C)C(=O)C12CC3CC(CC(C3)C1)C2. The van der Waals surface area contributed by atoms with Gasteiger partial charge in [-0.15, -0.1) is 0 Å². The first-order chi connectivity index (χ1) is 13.1. The fourth-order valence-corrected chi connectivity index (χ4v) is 6.82. The maximum Gasteiger partial charge on any atom is 0.339 e. The topological polar surface area (TPSA) is 77.5 Å². The standard InChI is InChI=1S/C22H28O5S/c1-13-4-5-18(28(3,25)26)9-19(13)21(24)27-14(2)20(23)22-10-15-6-16(11-22)8-17(7-15)12-22/h4-5,9,14-17H,6-8,10-12H2,1-3H3/t14-,15?,16?,17?,22?/m0/s1. The van der Waals surface area contributed by atoms with Crippen molar-refractivity contribution < 1.29 is 22.7 Å². The summed E-state index contributed by atoms with van der Waals surface area (Å²) in [5.41, 5.74) is 0.512. The highest BCUT2D eigenvalue weighted by atomic mass is 32.2. The highest BCUT2D eigenvalue weighted by Gasteiger charge is 2.55. The fraction of sp³-hybridized carbons (Fsp3) is 0.636. The summed E-state index contributed by atoms with van der Waals surface area (Å²) in [5.74, 6) is 1.36. The second kappa shape index (κ2) is 6.68. The zero-order valence-corrected chi connectivity index (χ0v) is 17.6. The number of aryl methyl sites for hydroxylation is 1. The van der Waals surface area contributed by atoms with E-state index >= 15 is 0 Å². The molecule has 1 aromatic carbocycles. The normalized spacial score (nSPS) is 32.2. The predicted molar refractivity (Wildman–Crippen MR) is 105 cm³/mol. The highest BCUT2D eigenvalue weighted by Crippen LogP contribution is 2.60. The maximum absolute atomic E-state index is 13.3. The Kier molecular flexibility index (Phi) is 4.68. The molecule has 4 bridgehead atoms. The van der Waals surface area contributed by atoms with Gasteiger partial charge in [0.25, 0.3) is 0 Å². The van der Waals surface area contributed by atoms with E-state index in [4.69, 9.17) is 4.74 Å². The van der Waals surface area contributed by atoms with E-state index in [0.29, 0.717) is 23.3 Å². The van der Waals surface area contributed by atoms with Gasteiger partial charge in [-0.1, -0.05) is 6.07 Å². The van der Waals surface area contributed by atoms with Crippen LogP contribution >= 0.6 is 0 Å². The number of benzene rings is 1. The van der Waals surface area contributed by atoms with Crippen LogP contribution in [0.1, 0.15) is 61.4 Å². The summed E-state index contributed by atoms with van der Waals surface area (Å²) in [6.45, 7) is 3.39. The maximum atomic E-state index is 13.3. The van der Waals surface area contributed by atoms with Gasteiger partial charge >= 0.3 is 5.97 Å². The van der Waals surface area contributed by atoms with Crippen LogP contribution in [-0.2, 0) is 19.4 Å². The molecular weight excluding hydrogens is 376 g/mol. The van der Waals surface area contributed by atoms with Crippen molar-refractivity contribution in [2.45, 2.75) is 63.4 Å². The Bertz CT molecular complexity index is 895. The average Bonchev–Trinajstić information content (AvgIpc) is 2.59. The average molecular weight is 405 g/mol. The van der Waals surface area contributed by atoms with Crippen molar-refractivity contribution >= 4 is 21.6 Å². The van der Waals surface area contributed by atoms with Gasteiger partial charge in [0.15, 0.2) is 21.7 Å². The van der Waals surface area contributed by atoms with Crippen LogP contribution in [-0.4, -0.2) is 32.5 Å². The number of sulfone groups is 1. The molecular formula is C22H28O5S. The quantitative estimate of drug-likeness (QED) is 0.699. The van der Waals surface area contributed by atoms with Crippen LogP contribution in [0, 0.1) is 30.1 Å². The van der Waals surface area contributed by atoms with Crippen LogP contribution in [0.15, 0.2) is 23.1 Å². The summed E-state index contributed by atoms with van der Waals surface area (Å²) in [6, 6.07) is 4.42. The minimum atomic E-state index is -3.43. The largest absolute Gasteiger partial charge is 0.451 e. The predicted octanol–water partition coefficient (Wildman–Crippen LogP) is 3.73. The van der Waals surface area contributed by atoms with Gasteiger partial charge in [-0.25, -0.2) is 13.2 Å². The molecule has 4 aliphatic carbocycles. The molecule has 1 atom stereocenters. The minimum absolute atomic E-state index is 0.0527. The van der Waals surface area contributed by atoms with E-state index in [2.05, 4.69) is 0 Å². The second-order valence-electron chi connectivity index (χ2n) is 9.36. The van der Waals surface area contributed by atoms with Crippen molar-refractivity contribution in [3.8, 4) is 0 Å². The molecule has 0 amide bonds. The summed E-state index contributed by atoms with van der Waals surface area (Å²) in [7, 11) is -3.43. The number of carbonyl (C=O) groups is 2. The zero-order chi connectivity index (χ0) is 20.3. The molecule has 152 valence electrons. The van der Waals surface area contributed by atoms with Crippen molar-refractivity contribution in [1.29, 1.82) is 0 Å². The summed E-state index contributed by atoms with van der Waals surface area (Å²) >= 11 is 0. The van der Waals surface area contributed by atoms with Gasteiger partial charge in [-0.2, -0.15) is 0 Å². The van der Waals surface area contributed by atoms with Crippen LogP contribution in [0.25, 0.3) is 0 Å². The molecule has 0 saturated heterocycles. The lowest BCUT2D eigenvalue weighted by molar-refractivity contribution is -0.152. The van der Waals surface area contributed by atoms with Crippen molar-refractivity contribution in [1.82, 2.24) is 0 Å². The van der Waals surface area contributed by atoms with Gasteiger partial charge in [0.2, 0.25) is 0 Å². The van der Waals surface area contributed by atoms with E-state index in [1.54, 1.807) is 19.9 Å². The zero-order valence-electron chi connectivity index (χ0n) is 16.7. The Balaban J connectivity index is 1.52. The van der Waals surface area contributed by atoms with Crippen LogP contribution in [0.3, 0.4) is 0 Å². The lowest BCUT2D eigenvalue weighted by Crippen LogP contribution is -2.52. The molecule has 6 heteroatoms. The third-order valence-electron chi connectivity index (χ3n) is 7.07. The smallest absolute Gasteiger partial charge is 0.339 e. The molecule has 0 unspecified atom stereocenters. The Morgan fingerprint density at radius 3 is 2.11 bits per heavy atom. The number of ether oxygens (including phenoxy) is 1. The van der Waals surface area contributed by atoms with Crippen molar-refractivity contribution in [2.75, 3.05) is 6.26 Å². The van der Waals surface area contributed by atoms with Crippen LogP contribution in [0.5, 0.6) is 0 Å². The third kappa shape index (κ3) is 3.40. The molecule has 0 aliphatic heterocycles. The van der Waals surface area contributed by atoms with Crippen molar-refractivity contribution in [2.24, 2.45) is 23.2 Å². The summed E-state index contributed by atoms with van der Waals surface area (Å²) in [5, 5.41) is 0. The van der Waals surface area contributed by atoms with Gasteiger partial charge in [0.05, 0.1) is 10.5 Å². The summed E-state index contributed by atoms with van der Waals surface area (Å²) in [6.07, 6.45) is 6.83. The monoisotopic (exact) mass is 404 g/mol. The minimum Gasteiger partial charge on any atom is -0.451 e. The summed E-state index contributed by atoms with van der Waals surface area (Å²) < 4.78 is 29.2. The number of Topliss-reactive ketones (excluding diaryl/α,β-unsaturated/α-hetero) is 1. The molecule has 0 heterocycles. The molecule has 5 nitrogen and oxygen atoms in total. The molecule has 0 spiro atoms. The first-order valence-electron chi connectivity index (χ1n) is 10.1. The molecule has 0 radical (unpaired) electrons. The number of carbonyl (C=O) groups excluding carboxylic acids is 2. The Hall–Kier alpha value is -1.69. The Morgan fingerprint density at radius 1 is 1.07 bits per heavy atom. The van der Waals surface area contributed by atoms with E-state index in [9.17, 15) is 18.0 Å². The Labute approximate surface area is 166 Å². The highest BCUT2D eigenvalue weighted by molar-refractivity contribution is 7.90. The van der Waals surface area contributed by atoms with E-state index in [0.717, 1.165) is 25.5 Å². The van der Waals surface area contributed by atoms with Crippen LogP contribution in [0.2, 0.25) is 0 Å². The molecule has 0 aromatic heterocycles. The van der Waals surface area contributed by atoms with Gasteiger partial charge in [-0.05, 0) is 87.8 Å². The Morgan fingerprint density at radius 2 is 1.61 bits per heavy atom. The molecule has 28 heavy (non-hydrogen) atoms. The fourth-order valence-electron chi connectivity index (χ4n) is 6.17. The van der Waals surface area contributed by atoms with E-state index < -0.39 is 21.9 Å². The van der Waals surface area contributed by atoms with Crippen molar-refractivity contribution in [3.05, 3.63) is 29.3 Å². The van der Waals surface area contributed by atoms with Gasteiger partial charge < -0.3 is 4.74 Å². The third-order valence-corrected chi connectivity index (χ3v) is 8.18. The van der Waals surface area contributed by atoms with E-state index in [1.165, 1.54) is 31.4 Å². The van der Waals surface area contributed by atoms with Gasteiger partial charge in [0.1, 0.15) is 0 Å². The summed E-state index contributed by atoms with van der Waals surface area (Å²) in [4.78, 5) is 26.1. The number of hydrogen-bond acceptors (Lipinski definition) is 5. The molecule has 0 N–H and O–H groups in total. The molecule has 1 aromatic rings. The van der Waals surface area contributed by atoms with Crippen LogP contribution in [0.4, 0.5) is 0 Å². The molecule has 4 aliphatic rings. The molecule has 4 saturated carbocycles. The molecule has 4 fully saturated rings. The van der Waals surface area contributed by atoms with Gasteiger partial charge in [-0.3, -0.25) is 4.79 Å². The number of hydrogen-bond donors (Lipinski definition) is 0. The number of ketones is 1. The van der Waals surface area contributed by atoms with E-state index in [-0.39, 0.29) is 21.7 Å². The first-order valence-corrected chi connectivity index (χ1v) is 12.0. The number of esters is 1. The van der Waals surface area contributed by atoms with Crippen molar-refractivity contribution in [3.63, 3.8) is 0 Å². The van der Waals surface area contributed by atoms with Gasteiger partial charge in [0, 0.05) is 11.7 Å². The first kappa shape index (κ1) is 19.6. The van der Waals surface area contributed by atoms with E-state index in [1.807, 2.05) is 0 Å². The lowest BCUT2D eigenvalue weighted by Gasteiger charge is -2.56. The molecule has 5 rings (SSSR count). The van der Waals surface area contributed by atoms with Crippen LogP contribution < -0.4 is 0 Å².